The van der Waals surface area contributed by atoms with Gasteiger partial charge in [-0.3, -0.25) is 0 Å². The number of unbranched alkanes of at least 4 members (excludes halogenated alkanes) is 17. The first-order chi connectivity index (χ1) is 19.6. The third kappa shape index (κ3) is 11.5. The molecule has 7 heteroatoms. The predicted molar refractivity (Wildman–Crippen MR) is 161 cm³/mol. The molecule has 7 nitrogen and oxygen atoms in total. The summed E-state index contributed by atoms with van der Waals surface area (Å²) in [7, 11) is 0. The fourth-order valence-corrected chi connectivity index (χ4v) is 5.66. The number of nitrogens with zero attached hydrogens (tertiary/aromatic N) is 5. The molecule has 0 amide bonds. The second kappa shape index (κ2) is 19.8. The van der Waals surface area contributed by atoms with Crippen molar-refractivity contribution in [2.45, 2.75) is 141 Å². The number of hydrogen-bond donors (Lipinski definition) is 0. The van der Waals surface area contributed by atoms with Gasteiger partial charge in [-0.15, -0.1) is 0 Å². The maximum atomic E-state index is 11.4. The Kier molecular flexibility index (Phi) is 16.3. The van der Waals surface area contributed by atoms with E-state index in [-0.39, 0.29) is 12.5 Å². The Morgan fingerprint density at radius 2 is 1.32 bits per heavy atom. The third-order valence-corrected chi connectivity index (χ3v) is 8.03. The summed E-state index contributed by atoms with van der Waals surface area (Å²) in [4.78, 5) is 14.7. The van der Waals surface area contributed by atoms with Gasteiger partial charge in [0.2, 0.25) is 0 Å². The van der Waals surface area contributed by atoms with Crippen molar-refractivity contribution in [2.75, 3.05) is 0 Å². The van der Waals surface area contributed by atoms with Crippen LogP contribution < -0.4 is 0 Å². The lowest BCUT2D eigenvalue weighted by Gasteiger charge is -2.27. The molecule has 0 saturated carbocycles. The predicted octanol–water partition coefficient (Wildman–Crippen LogP) is 9.56. The number of imidazole rings is 1. The molecule has 1 heterocycles. The molecule has 0 saturated heterocycles. The summed E-state index contributed by atoms with van der Waals surface area (Å²) in [6.45, 7) is 2.37. The molecule has 40 heavy (non-hydrogen) atoms. The first-order valence-electron chi connectivity index (χ1n) is 15.6. The minimum absolute atomic E-state index is 0.0947. The summed E-state index contributed by atoms with van der Waals surface area (Å²) in [5, 5.41) is 31.5. The Morgan fingerprint density at radius 1 is 0.825 bits per heavy atom. The summed E-state index contributed by atoms with van der Waals surface area (Å²) in [5.41, 5.74) is 0.0384. The first kappa shape index (κ1) is 33.0. The van der Waals surface area contributed by atoms with Crippen LogP contribution in [0, 0.1) is 32.8 Å². The van der Waals surface area contributed by atoms with Crippen molar-refractivity contribution in [3.8, 4) is 12.1 Å². The van der Waals surface area contributed by atoms with Gasteiger partial charge in [-0.05, 0) is 23.0 Å². The van der Waals surface area contributed by atoms with Crippen LogP contribution in [0.5, 0.6) is 0 Å². The zero-order chi connectivity index (χ0) is 28.9. The molecule has 1 aromatic carbocycles. The molecule has 2 aromatic rings. The van der Waals surface area contributed by atoms with Crippen LogP contribution in [0.1, 0.15) is 140 Å². The average Bonchev–Trinajstić information content (AvgIpc) is 3.44. The summed E-state index contributed by atoms with van der Waals surface area (Å²) >= 11 is 0. The van der Waals surface area contributed by atoms with Gasteiger partial charge in [0, 0.05) is 0 Å². The minimum Gasteiger partial charge on any atom is -0.390 e. The van der Waals surface area contributed by atoms with Crippen LogP contribution in [0.3, 0.4) is 0 Å². The molecule has 218 valence electrons. The Balaban J connectivity index is 1.69. The monoisotopic (exact) mass is 547 g/mol. The molecule has 0 aliphatic heterocycles. The highest BCUT2D eigenvalue weighted by Crippen LogP contribution is 2.35. The van der Waals surface area contributed by atoms with Gasteiger partial charge < -0.3 is 10.1 Å². The number of aromatic nitrogens is 2. The Labute approximate surface area is 241 Å². The summed E-state index contributed by atoms with van der Waals surface area (Å²) in [6, 6.07) is 11.8. The molecular weight excluding hydrogens is 498 g/mol. The van der Waals surface area contributed by atoms with Crippen LogP contribution in [0.15, 0.2) is 36.7 Å². The second-order valence-corrected chi connectivity index (χ2v) is 11.2. The maximum Gasteiger partial charge on any atom is 0.434 e. The largest absolute Gasteiger partial charge is 0.434 e. The second-order valence-electron chi connectivity index (χ2n) is 11.2. The quantitative estimate of drug-likeness (QED) is 0.0781. The standard InChI is InChI=1S/C33H49N5O2/c1-2-3-4-5-6-7-8-9-10-11-12-13-14-15-16-17-18-21-24-33(28-35,31-23-20-19-22-30(31)27-34)29-37-26-25-36-32(37)38(39)40/h19-20,22-23,25-26H,2-18,21,24,29H2,1H3. The molecular formula is C33H49N5O2. The van der Waals surface area contributed by atoms with E-state index in [0.717, 1.165) is 19.3 Å². The number of benzene rings is 1. The van der Waals surface area contributed by atoms with Gasteiger partial charge in [0.25, 0.3) is 0 Å². The van der Waals surface area contributed by atoms with E-state index in [2.05, 4.69) is 24.0 Å². The molecule has 0 radical (unpaired) electrons. The highest BCUT2D eigenvalue weighted by Gasteiger charge is 2.37. The van der Waals surface area contributed by atoms with Crippen molar-refractivity contribution < 1.29 is 4.92 Å². The highest BCUT2D eigenvalue weighted by molar-refractivity contribution is 5.46. The molecule has 0 bridgehead atoms. The third-order valence-electron chi connectivity index (χ3n) is 8.03. The molecule has 1 unspecified atom stereocenters. The summed E-state index contributed by atoms with van der Waals surface area (Å²) in [5.74, 6) is -0.285. The van der Waals surface area contributed by atoms with Crippen molar-refractivity contribution in [1.29, 1.82) is 10.5 Å². The number of hydrogen-bond acceptors (Lipinski definition) is 5. The first-order valence-corrected chi connectivity index (χ1v) is 15.6. The van der Waals surface area contributed by atoms with Crippen LogP contribution >= 0.6 is 0 Å². The molecule has 0 spiro atoms. The molecule has 0 aliphatic carbocycles. The normalized spacial score (nSPS) is 12.5. The van der Waals surface area contributed by atoms with Gasteiger partial charge in [0.1, 0.15) is 17.8 Å². The summed E-state index contributed by atoms with van der Waals surface area (Å²) < 4.78 is 1.42. The molecule has 1 aromatic heterocycles. The van der Waals surface area contributed by atoms with Crippen molar-refractivity contribution >= 4 is 5.95 Å². The highest BCUT2D eigenvalue weighted by atomic mass is 16.6. The van der Waals surface area contributed by atoms with E-state index in [1.54, 1.807) is 18.2 Å². The number of nitro groups is 1. The topological polar surface area (TPSA) is 109 Å². The molecule has 0 fully saturated rings. The molecule has 1 atom stereocenters. The smallest absolute Gasteiger partial charge is 0.390 e. The van der Waals surface area contributed by atoms with Crippen LogP contribution in [0.4, 0.5) is 5.95 Å². The minimum atomic E-state index is -1.03. The number of rotatable bonds is 23. The van der Waals surface area contributed by atoms with E-state index in [9.17, 15) is 20.6 Å². The average molecular weight is 548 g/mol. The van der Waals surface area contributed by atoms with Crippen molar-refractivity contribution in [3.63, 3.8) is 0 Å². The zero-order valence-electron chi connectivity index (χ0n) is 24.7. The maximum absolute atomic E-state index is 11.4. The Hall–Kier alpha value is -3.19. The fraction of sp³-hybridized carbons (Fsp3) is 0.667. The van der Waals surface area contributed by atoms with Gasteiger partial charge in [-0.2, -0.15) is 10.5 Å². The zero-order valence-corrected chi connectivity index (χ0v) is 24.7. The van der Waals surface area contributed by atoms with E-state index in [0.29, 0.717) is 17.5 Å². The lowest BCUT2D eigenvalue weighted by atomic mass is 9.75. The van der Waals surface area contributed by atoms with Gasteiger partial charge in [0.15, 0.2) is 0 Å². The fourth-order valence-electron chi connectivity index (χ4n) is 5.66. The SMILES string of the molecule is CCCCCCCCCCCCCCCCCCCCC(C#N)(Cn1ccnc1[N+](=O)[O-])c1ccccc1C#N. The van der Waals surface area contributed by atoms with Gasteiger partial charge in [0.05, 0.1) is 24.2 Å². The van der Waals surface area contributed by atoms with E-state index in [1.165, 1.54) is 113 Å². The van der Waals surface area contributed by atoms with Gasteiger partial charge in [-0.1, -0.05) is 146 Å². The molecule has 0 N–H and O–H groups in total. The number of nitriles is 2. The van der Waals surface area contributed by atoms with Crippen molar-refractivity contribution in [3.05, 3.63) is 57.9 Å². The van der Waals surface area contributed by atoms with Crippen LogP contribution in [0.2, 0.25) is 0 Å². The van der Waals surface area contributed by atoms with Crippen molar-refractivity contribution in [2.24, 2.45) is 0 Å². The van der Waals surface area contributed by atoms with E-state index < -0.39 is 10.3 Å². The van der Waals surface area contributed by atoms with Crippen LogP contribution in [-0.2, 0) is 12.0 Å². The lowest BCUT2D eigenvalue weighted by Crippen LogP contribution is -2.31. The molecule has 2 rings (SSSR count). The lowest BCUT2D eigenvalue weighted by molar-refractivity contribution is -0.396. The van der Waals surface area contributed by atoms with Gasteiger partial charge in [-0.25, -0.2) is 4.57 Å². The van der Waals surface area contributed by atoms with E-state index in [1.807, 2.05) is 6.07 Å². The van der Waals surface area contributed by atoms with Crippen LogP contribution in [-0.4, -0.2) is 14.5 Å². The van der Waals surface area contributed by atoms with Gasteiger partial charge >= 0.3 is 5.95 Å². The van der Waals surface area contributed by atoms with Crippen LogP contribution in [0.25, 0.3) is 0 Å². The Bertz CT molecular complexity index is 1070. The molecule has 0 aliphatic rings. The van der Waals surface area contributed by atoms with Crippen molar-refractivity contribution in [1.82, 2.24) is 9.55 Å². The van der Waals surface area contributed by atoms with E-state index in [4.69, 9.17) is 0 Å². The summed E-state index contributed by atoms with van der Waals surface area (Å²) in [6.07, 6.45) is 26.7. The van der Waals surface area contributed by atoms with E-state index >= 15 is 0 Å². The Morgan fingerprint density at radius 3 is 1.80 bits per heavy atom.